The van der Waals surface area contributed by atoms with E-state index in [9.17, 15) is 9.59 Å². The smallest absolute Gasteiger partial charge is 0.317 e. The van der Waals surface area contributed by atoms with Gasteiger partial charge in [0.25, 0.3) is 0 Å². The molecule has 2 heterocycles. The first-order valence-electron chi connectivity index (χ1n) is 6.70. The molecule has 0 bridgehead atoms. The number of nitrogens with zero attached hydrogens (tertiary/aromatic N) is 1. The minimum atomic E-state index is -0.820. The molecule has 2 N–H and O–H groups in total. The van der Waals surface area contributed by atoms with Crippen LogP contribution >= 0.6 is 11.3 Å². The molecule has 110 valence electrons. The monoisotopic (exact) mass is 296 g/mol. The van der Waals surface area contributed by atoms with E-state index < -0.39 is 11.9 Å². The minimum absolute atomic E-state index is 0.115. The zero-order valence-electron chi connectivity index (χ0n) is 11.8. The standard InChI is InChI=1S/C14H20N2O3S/c1-14(2,11-4-3-7-20-11)9-15-13(19)16-6-5-10(8-16)12(17)18/h3-4,7,10H,5-6,8-9H2,1-2H3,(H,15,19)(H,17,18). The lowest BCUT2D eigenvalue weighted by atomic mass is 9.91. The SMILES string of the molecule is CC(C)(CNC(=O)N1CCC(C(=O)O)C1)c1cccs1. The van der Waals surface area contributed by atoms with Crippen molar-refractivity contribution in [2.75, 3.05) is 19.6 Å². The Morgan fingerprint density at radius 2 is 2.30 bits per heavy atom. The van der Waals surface area contributed by atoms with Crippen molar-refractivity contribution in [2.45, 2.75) is 25.7 Å². The van der Waals surface area contributed by atoms with Crippen LogP contribution in [0.5, 0.6) is 0 Å². The largest absolute Gasteiger partial charge is 0.481 e. The molecule has 1 fully saturated rings. The summed E-state index contributed by atoms with van der Waals surface area (Å²) in [5.74, 6) is -1.25. The molecule has 6 heteroatoms. The van der Waals surface area contributed by atoms with Crippen LogP contribution in [0.2, 0.25) is 0 Å². The molecule has 5 nitrogen and oxygen atoms in total. The van der Waals surface area contributed by atoms with Crippen LogP contribution in [-0.4, -0.2) is 41.6 Å². The van der Waals surface area contributed by atoms with E-state index in [4.69, 9.17) is 5.11 Å². The van der Waals surface area contributed by atoms with E-state index in [1.54, 1.807) is 16.2 Å². The lowest BCUT2D eigenvalue weighted by Crippen LogP contribution is -2.43. The van der Waals surface area contributed by atoms with E-state index in [0.717, 1.165) is 0 Å². The maximum atomic E-state index is 12.1. The topological polar surface area (TPSA) is 69.6 Å². The first-order valence-corrected chi connectivity index (χ1v) is 7.58. The molecule has 0 radical (unpaired) electrons. The Morgan fingerprint density at radius 1 is 1.55 bits per heavy atom. The maximum Gasteiger partial charge on any atom is 0.317 e. The molecular weight excluding hydrogens is 276 g/mol. The number of aliphatic carboxylic acids is 1. The van der Waals surface area contributed by atoms with Crippen LogP contribution in [0.1, 0.15) is 25.1 Å². The van der Waals surface area contributed by atoms with Gasteiger partial charge in [-0.2, -0.15) is 0 Å². The van der Waals surface area contributed by atoms with E-state index in [-0.39, 0.29) is 11.4 Å². The average Bonchev–Trinajstić information content (AvgIpc) is 3.06. The van der Waals surface area contributed by atoms with Gasteiger partial charge < -0.3 is 15.3 Å². The summed E-state index contributed by atoms with van der Waals surface area (Å²) in [5.41, 5.74) is -0.115. The molecule has 1 aromatic heterocycles. The van der Waals surface area contributed by atoms with Gasteiger partial charge in [-0.1, -0.05) is 19.9 Å². The van der Waals surface area contributed by atoms with Crippen LogP contribution in [-0.2, 0) is 10.2 Å². The number of rotatable bonds is 4. The normalized spacial score (nSPS) is 19.1. The average molecular weight is 296 g/mol. The Labute approximate surface area is 122 Å². The van der Waals surface area contributed by atoms with Gasteiger partial charge in [-0.05, 0) is 17.9 Å². The fraction of sp³-hybridized carbons (Fsp3) is 0.571. The number of carboxylic acid groups (broad SMARTS) is 1. The fourth-order valence-electron chi connectivity index (χ4n) is 2.31. The van der Waals surface area contributed by atoms with Crippen LogP contribution in [0, 0.1) is 5.92 Å². The summed E-state index contributed by atoms with van der Waals surface area (Å²) < 4.78 is 0. The van der Waals surface area contributed by atoms with Crippen molar-refractivity contribution in [3.63, 3.8) is 0 Å². The van der Waals surface area contributed by atoms with Gasteiger partial charge in [-0.15, -0.1) is 11.3 Å². The van der Waals surface area contributed by atoms with E-state index in [0.29, 0.717) is 26.1 Å². The molecule has 1 unspecified atom stereocenters. The lowest BCUT2D eigenvalue weighted by molar-refractivity contribution is -0.141. The molecule has 1 atom stereocenters. The van der Waals surface area contributed by atoms with E-state index in [2.05, 4.69) is 25.2 Å². The van der Waals surface area contributed by atoms with Gasteiger partial charge in [0.05, 0.1) is 5.92 Å². The predicted octanol–water partition coefficient (Wildman–Crippen LogP) is 2.14. The Kier molecular flexibility index (Phi) is 4.32. The molecule has 20 heavy (non-hydrogen) atoms. The number of carboxylic acids is 1. The maximum absolute atomic E-state index is 12.1. The third-order valence-corrected chi connectivity index (χ3v) is 4.93. The summed E-state index contributed by atoms with van der Waals surface area (Å²) in [6.45, 7) is 5.54. The predicted molar refractivity (Wildman–Crippen MR) is 78.1 cm³/mol. The van der Waals surface area contributed by atoms with E-state index >= 15 is 0 Å². The highest BCUT2D eigenvalue weighted by atomic mass is 32.1. The molecule has 1 aromatic rings. The van der Waals surface area contributed by atoms with Crippen LogP contribution in [0.3, 0.4) is 0 Å². The number of likely N-dealkylation sites (tertiary alicyclic amines) is 1. The Hall–Kier alpha value is -1.56. The first-order chi connectivity index (χ1) is 9.40. The van der Waals surface area contributed by atoms with Gasteiger partial charge in [0.15, 0.2) is 0 Å². The first kappa shape index (κ1) is 14.8. The zero-order chi connectivity index (χ0) is 14.8. The van der Waals surface area contributed by atoms with Crippen molar-refractivity contribution in [1.29, 1.82) is 0 Å². The van der Waals surface area contributed by atoms with Crippen molar-refractivity contribution >= 4 is 23.3 Å². The van der Waals surface area contributed by atoms with Crippen molar-refractivity contribution in [3.05, 3.63) is 22.4 Å². The summed E-state index contributed by atoms with van der Waals surface area (Å²) in [7, 11) is 0. The molecule has 0 spiro atoms. The Balaban J connectivity index is 1.85. The van der Waals surface area contributed by atoms with Crippen molar-refractivity contribution < 1.29 is 14.7 Å². The summed E-state index contributed by atoms with van der Waals surface area (Å²) in [6.07, 6.45) is 0.539. The van der Waals surface area contributed by atoms with E-state index in [1.165, 1.54) is 4.88 Å². The van der Waals surface area contributed by atoms with E-state index in [1.807, 2.05) is 11.4 Å². The number of urea groups is 1. The molecule has 0 aromatic carbocycles. The quantitative estimate of drug-likeness (QED) is 0.894. The number of thiophene rings is 1. The van der Waals surface area contributed by atoms with Gasteiger partial charge in [-0.3, -0.25) is 4.79 Å². The van der Waals surface area contributed by atoms with Gasteiger partial charge in [0.2, 0.25) is 0 Å². The van der Waals surface area contributed by atoms with Crippen LogP contribution in [0.4, 0.5) is 4.79 Å². The highest BCUT2D eigenvalue weighted by Gasteiger charge is 2.31. The molecule has 2 amide bonds. The summed E-state index contributed by atoms with van der Waals surface area (Å²) >= 11 is 1.68. The number of carbonyl (C=O) groups excluding carboxylic acids is 1. The summed E-state index contributed by atoms with van der Waals surface area (Å²) in [5, 5.41) is 13.9. The molecule has 1 aliphatic rings. The number of amides is 2. The van der Waals surface area contributed by atoms with Gasteiger partial charge in [0.1, 0.15) is 0 Å². The highest BCUT2D eigenvalue weighted by Crippen LogP contribution is 2.26. The number of carbonyl (C=O) groups is 2. The van der Waals surface area contributed by atoms with Gasteiger partial charge in [0, 0.05) is 29.9 Å². The molecule has 1 saturated heterocycles. The number of hydrogen-bond acceptors (Lipinski definition) is 3. The third kappa shape index (κ3) is 3.30. The van der Waals surface area contributed by atoms with Crippen molar-refractivity contribution in [2.24, 2.45) is 5.92 Å². The number of hydrogen-bond donors (Lipinski definition) is 2. The minimum Gasteiger partial charge on any atom is -0.481 e. The van der Waals surface area contributed by atoms with Crippen LogP contribution in [0.15, 0.2) is 17.5 Å². The Bertz CT molecular complexity index is 485. The molecule has 0 aliphatic carbocycles. The number of nitrogens with one attached hydrogen (secondary N) is 1. The summed E-state index contributed by atoms with van der Waals surface area (Å²) in [4.78, 5) is 25.8. The molecule has 1 aliphatic heterocycles. The zero-order valence-corrected chi connectivity index (χ0v) is 12.6. The Morgan fingerprint density at radius 3 is 2.85 bits per heavy atom. The van der Waals surface area contributed by atoms with Crippen molar-refractivity contribution in [1.82, 2.24) is 10.2 Å². The second-order valence-corrected chi connectivity index (χ2v) is 6.74. The highest BCUT2D eigenvalue weighted by molar-refractivity contribution is 7.10. The van der Waals surface area contributed by atoms with Gasteiger partial charge >= 0.3 is 12.0 Å². The molecular formula is C14H20N2O3S. The second-order valence-electron chi connectivity index (χ2n) is 5.79. The fourth-order valence-corrected chi connectivity index (χ4v) is 3.16. The van der Waals surface area contributed by atoms with Gasteiger partial charge in [-0.25, -0.2) is 4.79 Å². The van der Waals surface area contributed by atoms with Crippen LogP contribution in [0.25, 0.3) is 0 Å². The lowest BCUT2D eigenvalue weighted by Gasteiger charge is -2.25. The van der Waals surface area contributed by atoms with Crippen LogP contribution < -0.4 is 5.32 Å². The van der Waals surface area contributed by atoms with Crippen molar-refractivity contribution in [3.8, 4) is 0 Å². The summed E-state index contributed by atoms with van der Waals surface area (Å²) in [6, 6.07) is 3.90. The molecule has 0 saturated carbocycles. The second kappa shape index (κ2) is 5.83. The molecule has 2 rings (SSSR count). The third-order valence-electron chi connectivity index (χ3n) is 3.69.